The molecule has 0 radical (unpaired) electrons. The van der Waals surface area contributed by atoms with Crippen molar-refractivity contribution in [2.24, 2.45) is 5.73 Å². The molecule has 154 valence electrons. The summed E-state index contributed by atoms with van der Waals surface area (Å²) in [6.07, 6.45) is 0.904. The van der Waals surface area contributed by atoms with Gasteiger partial charge in [0.2, 0.25) is 0 Å². The zero-order chi connectivity index (χ0) is 21.3. The normalized spacial score (nSPS) is 26.1. The van der Waals surface area contributed by atoms with Gasteiger partial charge < -0.3 is 0 Å². The maximum Gasteiger partial charge on any atom is 0.361 e. The van der Waals surface area contributed by atoms with E-state index in [0.29, 0.717) is 17.8 Å². The van der Waals surface area contributed by atoms with Crippen LogP contribution in [0.3, 0.4) is 0 Å². The highest BCUT2D eigenvalue weighted by Crippen LogP contribution is 2.50. The van der Waals surface area contributed by atoms with E-state index < -0.39 is 5.66 Å². The molecular weight excluding hydrogens is 376 g/mol. The summed E-state index contributed by atoms with van der Waals surface area (Å²) < 4.78 is 0. The number of guanidine groups is 2. The van der Waals surface area contributed by atoms with Crippen LogP contribution in [0.2, 0.25) is 0 Å². The fourth-order valence-corrected chi connectivity index (χ4v) is 5.22. The number of carbonyl (C=O) groups excluding carboxylic acids is 1. The van der Waals surface area contributed by atoms with Gasteiger partial charge in [-0.05, 0) is 56.9 Å². The van der Waals surface area contributed by atoms with Crippen molar-refractivity contribution >= 4 is 29.2 Å². The molecule has 2 atom stereocenters. The van der Waals surface area contributed by atoms with E-state index >= 15 is 0 Å². The van der Waals surface area contributed by atoms with Crippen molar-refractivity contribution in [3.63, 3.8) is 0 Å². The van der Waals surface area contributed by atoms with Gasteiger partial charge in [0.25, 0.3) is 0 Å². The van der Waals surface area contributed by atoms with Crippen molar-refractivity contribution in [3.05, 3.63) is 59.2 Å². The molecule has 6 N–H and O–H groups in total. The second-order valence-electron chi connectivity index (χ2n) is 9.21. The molecule has 0 saturated heterocycles. The fraction of sp³-hybridized carbons (Fsp3) is 0.348. The molecule has 0 bridgehead atoms. The zero-order valence-electron chi connectivity index (χ0n) is 17.8. The largest absolute Gasteiger partial charge is 0.361 e. The Hall–Kier alpha value is -3.35. The highest BCUT2D eigenvalue weighted by molar-refractivity contribution is 6.10. The Morgan fingerprint density at radius 2 is 1.93 bits per heavy atom. The lowest BCUT2D eigenvalue weighted by Crippen LogP contribution is -3.14. The number of nitrogens with two attached hydrogens (primary N) is 1. The molecule has 3 heterocycles. The van der Waals surface area contributed by atoms with Gasteiger partial charge in [0.15, 0.2) is 0 Å². The van der Waals surface area contributed by atoms with E-state index in [9.17, 15) is 4.79 Å². The minimum atomic E-state index is -1.16. The molecular formula is C23H28N6O+2. The number of anilines is 2. The number of hydrogen-bond donors (Lipinski definition) is 5. The van der Waals surface area contributed by atoms with Crippen LogP contribution in [-0.4, -0.2) is 23.4 Å². The molecule has 7 heteroatoms. The number of benzene rings is 2. The summed E-state index contributed by atoms with van der Waals surface area (Å²) in [7, 11) is 0. The van der Waals surface area contributed by atoms with E-state index in [2.05, 4.69) is 60.4 Å². The summed E-state index contributed by atoms with van der Waals surface area (Å²) >= 11 is 0. The lowest BCUT2D eigenvalue weighted by molar-refractivity contribution is -0.789. The average Bonchev–Trinajstić information content (AvgIpc) is 2.89. The third-order valence-corrected chi connectivity index (χ3v) is 6.31. The van der Waals surface area contributed by atoms with Crippen molar-refractivity contribution in [2.75, 3.05) is 10.2 Å². The summed E-state index contributed by atoms with van der Waals surface area (Å²) in [5, 5.41) is 6.39. The number of para-hydroxylation sites is 1. The van der Waals surface area contributed by atoms with E-state index in [1.165, 1.54) is 5.56 Å². The lowest BCUT2D eigenvalue weighted by atomic mass is 9.79. The third-order valence-electron chi connectivity index (χ3n) is 6.31. The second kappa shape index (κ2) is 6.08. The van der Waals surface area contributed by atoms with Crippen molar-refractivity contribution in [3.8, 4) is 0 Å². The summed E-state index contributed by atoms with van der Waals surface area (Å²) in [4.78, 5) is 22.6. The first-order valence-electron chi connectivity index (χ1n) is 10.4. The monoisotopic (exact) mass is 404 g/mol. The van der Waals surface area contributed by atoms with Gasteiger partial charge in [-0.25, -0.2) is 15.3 Å². The average molecular weight is 405 g/mol. The van der Waals surface area contributed by atoms with Crippen molar-refractivity contribution in [2.45, 2.75) is 51.2 Å². The highest BCUT2D eigenvalue weighted by atomic mass is 16.2. The van der Waals surface area contributed by atoms with Gasteiger partial charge in [-0.2, -0.15) is 5.32 Å². The van der Waals surface area contributed by atoms with Crippen molar-refractivity contribution in [1.29, 1.82) is 0 Å². The summed E-state index contributed by atoms with van der Waals surface area (Å²) in [6, 6.07) is 14.1. The number of fused-ring (bicyclic) bond motifs is 1. The Bertz CT molecular complexity index is 1120. The summed E-state index contributed by atoms with van der Waals surface area (Å²) in [5.74, 6) is 1.20. The molecule has 5 rings (SSSR count). The molecule has 1 amide bonds. The number of nitrogens with zero attached hydrogens (tertiary/aromatic N) is 1. The molecule has 7 nitrogen and oxygen atoms in total. The second-order valence-corrected chi connectivity index (χ2v) is 9.21. The summed E-state index contributed by atoms with van der Waals surface area (Å²) in [6.45, 7) is 8.58. The molecule has 1 spiro atoms. The van der Waals surface area contributed by atoms with Crippen LogP contribution < -0.4 is 31.3 Å². The topological polar surface area (TPSA) is 98.3 Å². The molecule has 0 saturated carbocycles. The van der Waals surface area contributed by atoms with Crippen LogP contribution in [0.15, 0.2) is 42.5 Å². The lowest BCUT2D eigenvalue weighted by Gasteiger charge is -2.43. The first-order chi connectivity index (χ1) is 14.2. The van der Waals surface area contributed by atoms with E-state index in [1.807, 2.05) is 35.2 Å². The number of carbonyl (C=O) groups is 1. The fourth-order valence-electron chi connectivity index (χ4n) is 5.22. The quantitative estimate of drug-likeness (QED) is 0.435. The standard InChI is InChI=1S/C23H26N6O/c1-13-10-16-14(2)12-22(3,4)29-18(16)17(11-13)23(19(29)30)27-20(24)26-21(28-23)25-15-8-6-5-7-9-15/h5-11,14H,12H2,1-4H3,(H4,24,25,26,27,28)/p+2/t14-,23+/m0/s1. The van der Waals surface area contributed by atoms with Crippen LogP contribution in [0.1, 0.15) is 49.8 Å². The molecule has 30 heavy (non-hydrogen) atoms. The van der Waals surface area contributed by atoms with E-state index in [4.69, 9.17) is 5.73 Å². The highest BCUT2D eigenvalue weighted by Gasteiger charge is 2.61. The maximum atomic E-state index is 14.0. The van der Waals surface area contributed by atoms with E-state index in [0.717, 1.165) is 28.9 Å². The molecule has 0 fully saturated rings. The maximum absolute atomic E-state index is 14.0. The van der Waals surface area contributed by atoms with Crippen LogP contribution in [0.25, 0.3) is 0 Å². The van der Waals surface area contributed by atoms with Gasteiger partial charge in [0.05, 0.1) is 16.9 Å². The molecule has 2 aromatic rings. The SMILES string of the molecule is Cc1cc2c3c(c1)[C@]1([NH+]=C(N)NC(Nc4ccccc4)=[NH+]1)C(=O)N3C(C)(C)C[C@@H]2C. The number of amides is 1. The molecule has 0 aliphatic carbocycles. The molecule has 0 aromatic heterocycles. The van der Waals surface area contributed by atoms with Crippen LogP contribution in [0.5, 0.6) is 0 Å². The van der Waals surface area contributed by atoms with Crippen LogP contribution in [0.4, 0.5) is 11.4 Å². The number of hydrogen-bond acceptors (Lipinski definition) is 4. The number of nitrogens with one attached hydrogen (secondary N) is 4. The molecule has 0 unspecified atom stereocenters. The van der Waals surface area contributed by atoms with Crippen molar-refractivity contribution in [1.82, 2.24) is 5.32 Å². The van der Waals surface area contributed by atoms with Gasteiger partial charge in [-0.1, -0.05) is 36.8 Å². The summed E-state index contributed by atoms with van der Waals surface area (Å²) in [5.41, 5.74) is 9.94. The van der Waals surface area contributed by atoms with E-state index in [-0.39, 0.29) is 11.4 Å². The Labute approximate surface area is 176 Å². The Kier molecular flexibility index (Phi) is 3.78. The zero-order valence-corrected chi connectivity index (χ0v) is 17.8. The first kappa shape index (κ1) is 18.7. The van der Waals surface area contributed by atoms with E-state index in [1.54, 1.807) is 0 Å². The van der Waals surface area contributed by atoms with Crippen molar-refractivity contribution < 1.29 is 14.8 Å². The molecule has 3 aliphatic heterocycles. The first-order valence-corrected chi connectivity index (χ1v) is 10.4. The van der Waals surface area contributed by atoms with Gasteiger partial charge in [0.1, 0.15) is 0 Å². The minimum absolute atomic E-state index is 0.0435. The number of aryl methyl sites for hydroxylation is 1. The predicted molar refractivity (Wildman–Crippen MR) is 117 cm³/mol. The van der Waals surface area contributed by atoms with Gasteiger partial charge in [-0.3, -0.25) is 15.4 Å². The van der Waals surface area contributed by atoms with Crippen LogP contribution >= 0.6 is 0 Å². The Balaban J connectivity index is 1.72. The minimum Gasteiger partial charge on any atom is -0.299 e. The van der Waals surface area contributed by atoms with Gasteiger partial charge in [0, 0.05) is 5.54 Å². The van der Waals surface area contributed by atoms with Gasteiger partial charge in [-0.15, -0.1) is 0 Å². The smallest absolute Gasteiger partial charge is 0.299 e. The molecule has 3 aliphatic rings. The van der Waals surface area contributed by atoms with Gasteiger partial charge >= 0.3 is 23.5 Å². The predicted octanol–water partition coefficient (Wildman–Crippen LogP) is -0.673. The van der Waals surface area contributed by atoms with Crippen LogP contribution in [0, 0.1) is 6.92 Å². The van der Waals surface area contributed by atoms with Crippen LogP contribution in [-0.2, 0) is 10.5 Å². The Morgan fingerprint density at radius 1 is 1.20 bits per heavy atom. The molecule has 2 aromatic carbocycles. The Morgan fingerprint density at radius 3 is 2.67 bits per heavy atom. The third kappa shape index (κ3) is 2.54. The number of rotatable bonds is 1.